The lowest BCUT2D eigenvalue weighted by molar-refractivity contribution is 0.0579. The van der Waals surface area contributed by atoms with Gasteiger partial charge in [-0.15, -0.1) is 0 Å². The Bertz CT molecular complexity index is 383. The van der Waals surface area contributed by atoms with Gasteiger partial charge in [0.25, 0.3) is 0 Å². The van der Waals surface area contributed by atoms with Crippen LogP contribution in [0.1, 0.15) is 12.0 Å². The second-order valence-corrected chi connectivity index (χ2v) is 4.34. The highest BCUT2D eigenvalue weighted by molar-refractivity contribution is 5.67. The summed E-state index contributed by atoms with van der Waals surface area (Å²) in [6.07, 6.45) is 0.294. The van der Waals surface area contributed by atoms with E-state index in [9.17, 15) is 4.79 Å². The molecule has 0 bridgehead atoms. The second kappa shape index (κ2) is 6.37. The Labute approximate surface area is 106 Å². The predicted molar refractivity (Wildman–Crippen MR) is 67.0 cm³/mol. The minimum Gasteiger partial charge on any atom is -0.445 e. The molecule has 98 valence electrons. The molecule has 1 saturated heterocycles. The standard InChI is InChI=1S/C13H18N2O3/c14-11-9-17-7-6-12(11)15-13(16)18-8-10-4-2-1-3-5-10/h1-5,11-12H,6-9,14H2,(H,15,16)/t11-,12+/m1/s1. The molecule has 0 unspecified atom stereocenters. The van der Waals surface area contributed by atoms with Gasteiger partial charge in [0, 0.05) is 12.6 Å². The summed E-state index contributed by atoms with van der Waals surface area (Å²) in [4.78, 5) is 11.6. The summed E-state index contributed by atoms with van der Waals surface area (Å²) in [5.74, 6) is 0. The van der Waals surface area contributed by atoms with Crippen LogP contribution in [0.2, 0.25) is 0 Å². The third-order valence-corrected chi connectivity index (χ3v) is 2.92. The molecule has 0 spiro atoms. The van der Waals surface area contributed by atoms with Crippen molar-refractivity contribution in [2.75, 3.05) is 13.2 Å². The number of nitrogens with one attached hydrogen (secondary N) is 1. The van der Waals surface area contributed by atoms with Gasteiger partial charge in [-0.25, -0.2) is 4.79 Å². The van der Waals surface area contributed by atoms with Crippen LogP contribution in [0.25, 0.3) is 0 Å². The first-order valence-corrected chi connectivity index (χ1v) is 6.06. The SMILES string of the molecule is N[C@@H]1COCC[C@@H]1NC(=O)OCc1ccccc1. The number of rotatable bonds is 3. The molecule has 2 atom stereocenters. The van der Waals surface area contributed by atoms with Gasteiger partial charge in [-0.3, -0.25) is 0 Å². The zero-order valence-electron chi connectivity index (χ0n) is 10.2. The van der Waals surface area contributed by atoms with E-state index in [0.29, 0.717) is 13.2 Å². The minimum atomic E-state index is -0.429. The quantitative estimate of drug-likeness (QED) is 0.840. The zero-order valence-corrected chi connectivity index (χ0v) is 10.2. The van der Waals surface area contributed by atoms with E-state index in [1.807, 2.05) is 30.3 Å². The van der Waals surface area contributed by atoms with E-state index in [1.54, 1.807) is 0 Å². The van der Waals surface area contributed by atoms with Gasteiger partial charge < -0.3 is 20.5 Å². The molecule has 1 heterocycles. The van der Waals surface area contributed by atoms with Gasteiger partial charge in [0.05, 0.1) is 12.6 Å². The van der Waals surface area contributed by atoms with Crippen molar-refractivity contribution in [1.82, 2.24) is 5.32 Å². The summed E-state index contributed by atoms with van der Waals surface area (Å²) in [7, 11) is 0. The van der Waals surface area contributed by atoms with Crippen LogP contribution in [0.3, 0.4) is 0 Å². The van der Waals surface area contributed by atoms with Crippen molar-refractivity contribution in [3.8, 4) is 0 Å². The molecule has 0 radical (unpaired) electrons. The summed E-state index contributed by atoms with van der Waals surface area (Å²) in [5, 5.41) is 2.77. The van der Waals surface area contributed by atoms with Gasteiger partial charge in [0.2, 0.25) is 0 Å². The first-order valence-electron chi connectivity index (χ1n) is 6.06. The van der Waals surface area contributed by atoms with Gasteiger partial charge >= 0.3 is 6.09 Å². The maximum absolute atomic E-state index is 11.6. The Balaban J connectivity index is 1.75. The van der Waals surface area contributed by atoms with Crippen molar-refractivity contribution >= 4 is 6.09 Å². The maximum atomic E-state index is 11.6. The summed E-state index contributed by atoms with van der Waals surface area (Å²) >= 11 is 0. The normalized spacial score (nSPS) is 23.4. The number of ether oxygens (including phenoxy) is 2. The van der Waals surface area contributed by atoms with Crippen molar-refractivity contribution in [2.45, 2.75) is 25.1 Å². The van der Waals surface area contributed by atoms with Crippen LogP contribution in [0.5, 0.6) is 0 Å². The largest absolute Gasteiger partial charge is 0.445 e. The van der Waals surface area contributed by atoms with Crippen LogP contribution in [-0.2, 0) is 16.1 Å². The molecule has 5 nitrogen and oxygen atoms in total. The van der Waals surface area contributed by atoms with E-state index < -0.39 is 6.09 Å². The Morgan fingerprint density at radius 3 is 2.94 bits per heavy atom. The summed E-state index contributed by atoms with van der Waals surface area (Å²) < 4.78 is 10.3. The van der Waals surface area contributed by atoms with Gasteiger partial charge in [0.1, 0.15) is 6.61 Å². The van der Waals surface area contributed by atoms with E-state index in [-0.39, 0.29) is 18.7 Å². The van der Waals surface area contributed by atoms with Crippen molar-refractivity contribution in [2.24, 2.45) is 5.73 Å². The van der Waals surface area contributed by atoms with E-state index in [0.717, 1.165) is 12.0 Å². The van der Waals surface area contributed by atoms with Crippen LogP contribution in [0, 0.1) is 0 Å². The highest BCUT2D eigenvalue weighted by atomic mass is 16.5. The molecule has 0 saturated carbocycles. The lowest BCUT2D eigenvalue weighted by atomic mass is 10.1. The number of nitrogens with two attached hydrogens (primary N) is 1. The molecule has 2 rings (SSSR count). The van der Waals surface area contributed by atoms with Gasteiger partial charge in [0.15, 0.2) is 0 Å². The molecule has 1 aliphatic heterocycles. The van der Waals surface area contributed by atoms with Crippen LogP contribution in [0.15, 0.2) is 30.3 Å². The van der Waals surface area contributed by atoms with E-state index in [4.69, 9.17) is 15.2 Å². The Morgan fingerprint density at radius 1 is 1.44 bits per heavy atom. The molecule has 0 aromatic heterocycles. The fourth-order valence-electron chi connectivity index (χ4n) is 1.86. The van der Waals surface area contributed by atoms with E-state index in [2.05, 4.69) is 5.32 Å². The third kappa shape index (κ3) is 3.72. The molecule has 3 N–H and O–H groups in total. The number of benzene rings is 1. The first kappa shape index (κ1) is 12.9. The van der Waals surface area contributed by atoms with Gasteiger partial charge in [-0.2, -0.15) is 0 Å². The summed E-state index contributed by atoms with van der Waals surface area (Å²) in [6, 6.07) is 9.33. The lowest BCUT2D eigenvalue weighted by Crippen LogP contribution is -2.53. The predicted octanol–water partition coefficient (Wildman–Crippen LogP) is 1.03. The van der Waals surface area contributed by atoms with Crippen molar-refractivity contribution in [3.63, 3.8) is 0 Å². The Hall–Kier alpha value is -1.59. The Morgan fingerprint density at radius 2 is 2.22 bits per heavy atom. The van der Waals surface area contributed by atoms with Crippen molar-refractivity contribution < 1.29 is 14.3 Å². The molecular weight excluding hydrogens is 232 g/mol. The number of carbonyl (C=O) groups is 1. The van der Waals surface area contributed by atoms with Crippen LogP contribution >= 0.6 is 0 Å². The van der Waals surface area contributed by atoms with E-state index in [1.165, 1.54) is 0 Å². The molecule has 1 amide bonds. The summed E-state index contributed by atoms with van der Waals surface area (Å²) in [6.45, 7) is 1.37. The third-order valence-electron chi connectivity index (χ3n) is 2.92. The molecule has 1 aromatic rings. The minimum absolute atomic E-state index is 0.0676. The van der Waals surface area contributed by atoms with Crippen LogP contribution in [0.4, 0.5) is 4.79 Å². The molecule has 1 aliphatic rings. The number of hydrogen-bond acceptors (Lipinski definition) is 4. The molecule has 0 aliphatic carbocycles. The lowest BCUT2D eigenvalue weighted by Gasteiger charge is -2.28. The number of alkyl carbamates (subject to hydrolysis) is 1. The smallest absolute Gasteiger partial charge is 0.407 e. The molecule has 5 heteroatoms. The van der Waals surface area contributed by atoms with E-state index >= 15 is 0 Å². The van der Waals surface area contributed by atoms with Gasteiger partial charge in [-0.1, -0.05) is 30.3 Å². The first-order chi connectivity index (χ1) is 8.75. The topological polar surface area (TPSA) is 73.6 Å². The molecule has 18 heavy (non-hydrogen) atoms. The highest BCUT2D eigenvalue weighted by Crippen LogP contribution is 2.06. The summed E-state index contributed by atoms with van der Waals surface area (Å²) in [5.41, 5.74) is 6.80. The number of carbonyl (C=O) groups excluding carboxylic acids is 1. The maximum Gasteiger partial charge on any atom is 0.407 e. The fraction of sp³-hybridized carbons (Fsp3) is 0.462. The average molecular weight is 250 g/mol. The highest BCUT2D eigenvalue weighted by Gasteiger charge is 2.24. The zero-order chi connectivity index (χ0) is 12.8. The fourth-order valence-corrected chi connectivity index (χ4v) is 1.86. The molecular formula is C13H18N2O3. The van der Waals surface area contributed by atoms with Gasteiger partial charge in [-0.05, 0) is 12.0 Å². The monoisotopic (exact) mass is 250 g/mol. The molecule has 1 fully saturated rings. The van der Waals surface area contributed by atoms with Crippen LogP contribution in [-0.4, -0.2) is 31.4 Å². The van der Waals surface area contributed by atoms with Crippen LogP contribution < -0.4 is 11.1 Å². The van der Waals surface area contributed by atoms with Crippen molar-refractivity contribution in [3.05, 3.63) is 35.9 Å². The number of hydrogen-bond donors (Lipinski definition) is 2. The Kier molecular flexibility index (Phi) is 4.55. The second-order valence-electron chi connectivity index (χ2n) is 4.34. The molecule has 1 aromatic carbocycles. The average Bonchev–Trinajstić information content (AvgIpc) is 2.40. The van der Waals surface area contributed by atoms with Crippen molar-refractivity contribution in [1.29, 1.82) is 0 Å². The number of amides is 1.